The van der Waals surface area contributed by atoms with Crippen molar-refractivity contribution >= 4 is 29.2 Å². The van der Waals surface area contributed by atoms with Crippen molar-refractivity contribution in [2.24, 2.45) is 5.41 Å². The number of hydrogen-bond acceptors (Lipinski definition) is 7. The van der Waals surface area contributed by atoms with E-state index in [2.05, 4.69) is 21.4 Å². The molecule has 0 aromatic carbocycles. The molecule has 2 aliphatic rings. The Labute approximate surface area is 222 Å². The van der Waals surface area contributed by atoms with E-state index in [1.165, 1.54) is 0 Å². The van der Waals surface area contributed by atoms with Crippen molar-refractivity contribution in [1.82, 2.24) is 19.8 Å². The highest BCUT2D eigenvalue weighted by atomic mass is 32.1. The molecule has 214 valence electrons. The first-order valence-corrected chi connectivity index (χ1v) is 12.0. The summed E-state index contributed by atoms with van der Waals surface area (Å²) in [4.78, 5) is 44.3. The molecule has 1 spiro atoms. The van der Waals surface area contributed by atoms with E-state index in [1.807, 2.05) is 46.9 Å². The number of aromatic nitrogens is 2. The van der Waals surface area contributed by atoms with E-state index in [1.54, 1.807) is 11.3 Å². The zero-order valence-corrected chi connectivity index (χ0v) is 21.0. The Morgan fingerprint density at radius 2 is 1.72 bits per heavy atom. The van der Waals surface area contributed by atoms with E-state index >= 15 is 0 Å². The maximum atomic E-state index is 13.2. The summed E-state index contributed by atoms with van der Waals surface area (Å²) >= 11 is 1.66. The van der Waals surface area contributed by atoms with Gasteiger partial charge in [0.15, 0.2) is 0 Å². The van der Waals surface area contributed by atoms with Gasteiger partial charge >= 0.3 is 24.3 Å². The second-order valence-corrected chi connectivity index (χ2v) is 9.39. The molecule has 4 heterocycles. The van der Waals surface area contributed by atoms with Crippen molar-refractivity contribution in [2.45, 2.75) is 31.2 Å². The van der Waals surface area contributed by atoms with Crippen LogP contribution in [0.2, 0.25) is 0 Å². The molecule has 2 aliphatic heterocycles. The van der Waals surface area contributed by atoms with Gasteiger partial charge < -0.3 is 15.1 Å². The first-order chi connectivity index (χ1) is 18.1. The Morgan fingerprint density at radius 1 is 1.10 bits per heavy atom. The van der Waals surface area contributed by atoms with Crippen molar-refractivity contribution in [3.63, 3.8) is 0 Å². The van der Waals surface area contributed by atoms with Gasteiger partial charge in [-0.3, -0.25) is 14.7 Å². The molecule has 2 atom stereocenters. The van der Waals surface area contributed by atoms with Crippen molar-refractivity contribution in [3.05, 3.63) is 59.3 Å². The Balaban J connectivity index is 0.000000317. The van der Waals surface area contributed by atoms with Crippen LogP contribution in [0.25, 0.3) is 0 Å². The second kappa shape index (κ2) is 13.0. The highest BCUT2D eigenvalue weighted by Gasteiger charge is 2.57. The fraction of sp³-hybridized carbons (Fsp3) is 0.435. The maximum Gasteiger partial charge on any atom is 0.490 e. The fourth-order valence-corrected chi connectivity index (χ4v) is 5.07. The number of hydrogen-bond donors (Lipinski definition) is 2. The number of pyridine rings is 1. The van der Waals surface area contributed by atoms with Crippen molar-refractivity contribution < 1.29 is 50.9 Å². The molecule has 1 amide bonds. The van der Waals surface area contributed by atoms with Crippen molar-refractivity contribution in [2.75, 3.05) is 26.2 Å². The minimum Gasteiger partial charge on any atom is -0.475 e. The zero-order chi connectivity index (χ0) is 29.4. The third-order valence-corrected chi connectivity index (χ3v) is 6.74. The highest BCUT2D eigenvalue weighted by molar-refractivity contribution is 7.09. The molecule has 0 saturated carbocycles. The van der Waals surface area contributed by atoms with Crippen LogP contribution in [0.15, 0.2) is 48.6 Å². The molecule has 16 heteroatoms. The lowest BCUT2D eigenvalue weighted by Crippen LogP contribution is -2.39. The van der Waals surface area contributed by atoms with Crippen molar-refractivity contribution in [1.29, 1.82) is 0 Å². The average Bonchev–Trinajstić information content (AvgIpc) is 3.56. The molecule has 2 aromatic rings. The molecular formula is C23H24F6N4O5S. The van der Waals surface area contributed by atoms with Gasteiger partial charge in [0.25, 0.3) is 0 Å². The van der Waals surface area contributed by atoms with Gasteiger partial charge in [-0.05, 0) is 18.6 Å². The molecule has 0 aliphatic carbocycles. The van der Waals surface area contributed by atoms with Gasteiger partial charge in [0.2, 0.25) is 5.91 Å². The van der Waals surface area contributed by atoms with Gasteiger partial charge in [-0.1, -0.05) is 12.1 Å². The Hall–Kier alpha value is -3.53. The number of rotatable bonds is 5. The van der Waals surface area contributed by atoms with Crippen LogP contribution in [-0.2, 0) is 20.9 Å². The number of carboxylic acids is 2. The number of carbonyl (C=O) groups excluding carboxylic acids is 1. The number of halogens is 6. The molecule has 2 aromatic heterocycles. The van der Waals surface area contributed by atoms with Crippen LogP contribution in [0, 0.1) is 5.41 Å². The summed E-state index contributed by atoms with van der Waals surface area (Å²) in [6, 6.07) is 5.99. The SMILES string of the molecule is C=CCN1CCC2(CN(Cc3ccccn3)CC2c2nccs2)C1=O.O=C(O)C(F)(F)F.O=C(O)C(F)(F)F. The average molecular weight is 583 g/mol. The summed E-state index contributed by atoms with van der Waals surface area (Å²) in [6.07, 6.45) is -3.79. The molecule has 0 radical (unpaired) electrons. The molecule has 2 fully saturated rings. The standard InChI is InChI=1S/C19H22N4OS.2C2HF3O2/c1-2-9-23-10-6-19(18(23)24)14-22(12-15-5-3-4-7-20-15)13-16(19)17-21-8-11-25-17;2*3-2(4,5)1(6)7/h2-5,7-8,11,16H,1,6,9-10,12-14H2;2*(H,6,7). The third kappa shape index (κ3) is 8.48. The summed E-state index contributed by atoms with van der Waals surface area (Å²) in [6.45, 7) is 7.64. The Morgan fingerprint density at radius 3 is 2.18 bits per heavy atom. The number of aliphatic carboxylic acids is 2. The molecule has 2 unspecified atom stereocenters. The molecule has 9 nitrogen and oxygen atoms in total. The molecule has 39 heavy (non-hydrogen) atoms. The highest BCUT2D eigenvalue weighted by Crippen LogP contribution is 2.50. The van der Waals surface area contributed by atoms with Crippen LogP contribution in [0.1, 0.15) is 23.0 Å². The lowest BCUT2D eigenvalue weighted by atomic mass is 9.77. The minimum atomic E-state index is -5.08. The summed E-state index contributed by atoms with van der Waals surface area (Å²) in [5.41, 5.74) is 0.696. The number of nitrogens with zero attached hydrogens (tertiary/aromatic N) is 4. The quantitative estimate of drug-likeness (QED) is 0.403. The van der Waals surface area contributed by atoms with E-state index in [4.69, 9.17) is 19.8 Å². The number of carboxylic acid groups (broad SMARTS) is 2. The Bertz CT molecular complexity index is 1110. The van der Waals surface area contributed by atoms with Crippen LogP contribution in [-0.4, -0.2) is 86.4 Å². The normalized spacial score (nSPS) is 21.1. The first-order valence-electron chi connectivity index (χ1n) is 11.1. The second-order valence-electron chi connectivity index (χ2n) is 8.47. The number of amides is 1. The predicted molar refractivity (Wildman–Crippen MR) is 126 cm³/mol. The van der Waals surface area contributed by atoms with E-state index < -0.39 is 24.3 Å². The van der Waals surface area contributed by atoms with Crippen molar-refractivity contribution in [3.8, 4) is 0 Å². The van der Waals surface area contributed by atoms with Gasteiger partial charge in [-0.15, -0.1) is 17.9 Å². The van der Waals surface area contributed by atoms with Crippen LogP contribution in [0.4, 0.5) is 26.3 Å². The summed E-state index contributed by atoms with van der Waals surface area (Å²) in [5, 5.41) is 17.3. The van der Waals surface area contributed by atoms with Crippen LogP contribution >= 0.6 is 11.3 Å². The Kier molecular flexibility index (Phi) is 10.6. The van der Waals surface area contributed by atoms with E-state index in [0.717, 1.165) is 43.3 Å². The number of thiazole rings is 1. The van der Waals surface area contributed by atoms with Crippen LogP contribution in [0.5, 0.6) is 0 Å². The minimum absolute atomic E-state index is 0.165. The number of likely N-dealkylation sites (tertiary alicyclic amines) is 2. The summed E-state index contributed by atoms with van der Waals surface area (Å²) in [5.74, 6) is -5.09. The molecule has 4 rings (SSSR count). The van der Waals surface area contributed by atoms with Gasteiger partial charge in [-0.25, -0.2) is 14.6 Å². The van der Waals surface area contributed by atoms with E-state index in [0.29, 0.717) is 6.54 Å². The van der Waals surface area contributed by atoms with E-state index in [9.17, 15) is 31.1 Å². The first kappa shape index (κ1) is 31.7. The van der Waals surface area contributed by atoms with Crippen LogP contribution in [0.3, 0.4) is 0 Å². The molecule has 2 N–H and O–H groups in total. The third-order valence-electron chi connectivity index (χ3n) is 5.85. The van der Waals surface area contributed by atoms with Crippen LogP contribution < -0.4 is 0 Å². The fourth-order valence-electron chi connectivity index (χ4n) is 4.23. The number of carbonyl (C=O) groups is 3. The predicted octanol–water partition coefficient (Wildman–Crippen LogP) is 3.81. The zero-order valence-electron chi connectivity index (χ0n) is 20.2. The maximum absolute atomic E-state index is 13.2. The smallest absolute Gasteiger partial charge is 0.475 e. The molecule has 0 bridgehead atoms. The molecular weight excluding hydrogens is 558 g/mol. The summed E-state index contributed by atoms with van der Waals surface area (Å²) in [7, 11) is 0. The molecule has 2 saturated heterocycles. The summed E-state index contributed by atoms with van der Waals surface area (Å²) < 4.78 is 63.5. The van der Waals surface area contributed by atoms with Gasteiger partial charge in [-0.2, -0.15) is 26.3 Å². The van der Waals surface area contributed by atoms with Gasteiger partial charge in [0, 0.05) is 56.4 Å². The monoisotopic (exact) mass is 582 g/mol. The van der Waals surface area contributed by atoms with Gasteiger partial charge in [0.05, 0.1) is 16.1 Å². The topological polar surface area (TPSA) is 124 Å². The van der Waals surface area contributed by atoms with Gasteiger partial charge in [0.1, 0.15) is 0 Å². The lowest BCUT2D eigenvalue weighted by Gasteiger charge is -2.27. The lowest BCUT2D eigenvalue weighted by molar-refractivity contribution is -0.193. The number of alkyl halides is 6. The largest absolute Gasteiger partial charge is 0.490 e. The van der Waals surface area contributed by atoms with E-state index in [-0.39, 0.29) is 17.2 Å².